The minimum Gasteiger partial charge on any atom is -0.355 e. The van der Waals surface area contributed by atoms with Crippen molar-refractivity contribution < 1.29 is 4.79 Å². The van der Waals surface area contributed by atoms with E-state index < -0.39 is 0 Å². The molecule has 0 saturated carbocycles. The number of nitrogens with zero attached hydrogens (tertiary/aromatic N) is 4. The molecule has 7 nitrogen and oxygen atoms in total. The third-order valence-electron chi connectivity index (χ3n) is 3.95. The molecule has 1 amide bonds. The number of anilines is 1. The fourth-order valence-electron chi connectivity index (χ4n) is 2.73. The van der Waals surface area contributed by atoms with E-state index in [4.69, 9.17) is 0 Å². The average Bonchev–Trinajstić information content (AvgIpc) is 2.58. The third kappa shape index (κ3) is 3.94. The maximum absolute atomic E-state index is 12.1. The lowest BCUT2D eigenvalue weighted by atomic mass is 10.1. The molecule has 3 heterocycles. The zero-order valence-corrected chi connectivity index (χ0v) is 12.8. The molecule has 0 spiro atoms. The van der Waals surface area contributed by atoms with Crippen LogP contribution in [0.4, 0.5) is 5.82 Å². The number of hydrogen-bond acceptors (Lipinski definition) is 5. The molecule has 23 heavy (non-hydrogen) atoms. The van der Waals surface area contributed by atoms with E-state index in [2.05, 4.69) is 20.2 Å². The van der Waals surface area contributed by atoms with Gasteiger partial charge in [0, 0.05) is 43.8 Å². The molecule has 0 aliphatic carbocycles. The first-order chi connectivity index (χ1) is 11.2. The van der Waals surface area contributed by atoms with E-state index in [1.165, 1.54) is 10.6 Å². The number of nitrogens with one attached hydrogen (secondary N) is 1. The number of hydrogen-bond donors (Lipinski definition) is 1. The molecule has 120 valence electrons. The SMILES string of the molecule is O=C(Cn1ccccc1=O)NC1CCN(c2cnccn2)CC1. The largest absolute Gasteiger partial charge is 0.355 e. The molecule has 1 N–H and O–H groups in total. The van der Waals surface area contributed by atoms with E-state index in [1.807, 2.05) is 0 Å². The van der Waals surface area contributed by atoms with Gasteiger partial charge in [-0.1, -0.05) is 6.07 Å². The second kappa shape index (κ2) is 7.04. The fourth-order valence-corrected chi connectivity index (χ4v) is 2.73. The van der Waals surface area contributed by atoms with Crippen LogP contribution < -0.4 is 15.8 Å². The van der Waals surface area contributed by atoms with E-state index in [1.54, 1.807) is 36.9 Å². The molecule has 3 rings (SSSR count). The van der Waals surface area contributed by atoms with Crippen molar-refractivity contribution in [3.63, 3.8) is 0 Å². The molecular weight excluding hydrogens is 294 g/mol. The highest BCUT2D eigenvalue weighted by molar-refractivity contribution is 5.76. The van der Waals surface area contributed by atoms with Gasteiger partial charge < -0.3 is 14.8 Å². The summed E-state index contributed by atoms with van der Waals surface area (Å²) in [6, 6.07) is 4.99. The van der Waals surface area contributed by atoms with Gasteiger partial charge in [0.2, 0.25) is 5.91 Å². The number of piperidine rings is 1. The van der Waals surface area contributed by atoms with Gasteiger partial charge in [-0.15, -0.1) is 0 Å². The van der Waals surface area contributed by atoms with Crippen molar-refractivity contribution in [1.82, 2.24) is 19.9 Å². The molecule has 1 fully saturated rings. The molecule has 1 aliphatic rings. The quantitative estimate of drug-likeness (QED) is 0.885. The Balaban J connectivity index is 1.50. The fraction of sp³-hybridized carbons (Fsp3) is 0.375. The zero-order chi connectivity index (χ0) is 16.1. The first kappa shape index (κ1) is 15.2. The van der Waals surface area contributed by atoms with Crippen molar-refractivity contribution in [1.29, 1.82) is 0 Å². The van der Waals surface area contributed by atoms with Gasteiger partial charge in [0.1, 0.15) is 12.4 Å². The van der Waals surface area contributed by atoms with Gasteiger partial charge in [-0.2, -0.15) is 0 Å². The van der Waals surface area contributed by atoms with Crippen LogP contribution in [0.3, 0.4) is 0 Å². The predicted octanol–water partition coefficient (Wildman–Crippen LogP) is 0.423. The second-order valence-electron chi connectivity index (χ2n) is 5.56. The van der Waals surface area contributed by atoms with Crippen molar-refractivity contribution >= 4 is 11.7 Å². The highest BCUT2D eigenvalue weighted by Gasteiger charge is 2.21. The molecule has 0 unspecified atom stereocenters. The molecule has 0 radical (unpaired) electrons. The summed E-state index contributed by atoms with van der Waals surface area (Å²) in [5.41, 5.74) is -0.167. The number of aromatic nitrogens is 3. The number of carbonyl (C=O) groups is 1. The molecule has 2 aromatic heterocycles. The van der Waals surface area contributed by atoms with Crippen LogP contribution in [0.5, 0.6) is 0 Å². The van der Waals surface area contributed by atoms with Crippen molar-refractivity contribution in [3.05, 3.63) is 53.3 Å². The Morgan fingerprint density at radius 1 is 1.26 bits per heavy atom. The summed E-state index contributed by atoms with van der Waals surface area (Å²) < 4.78 is 1.41. The van der Waals surface area contributed by atoms with E-state index in [0.717, 1.165) is 31.7 Å². The van der Waals surface area contributed by atoms with E-state index in [9.17, 15) is 9.59 Å². The van der Waals surface area contributed by atoms with Crippen molar-refractivity contribution in [2.45, 2.75) is 25.4 Å². The smallest absolute Gasteiger partial charge is 0.250 e. The zero-order valence-electron chi connectivity index (χ0n) is 12.8. The summed E-state index contributed by atoms with van der Waals surface area (Å²) in [5, 5.41) is 3.01. The van der Waals surface area contributed by atoms with Gasteiger partial charge in [0.05, 0.1) is 6.20 Å². The van der Waals surface area contributed by atoms with Crippen LogP contribution in [-0.2, 0) is 11.3 Å². The summed E-state index contributed by atoms with van der Waals surface area (Å²) in [7, 11) is 0. The Labute approximate surface area is 134 Å². The second-order valence-corrected chi connectivity index (χ2v) is 5.56. The normalized spacial score (nSPS) is 15.4. The van der Waals surface area contributed by atoms with Crippen LogP contribution in [0.15, 0.2) is 47.8 Å². The summed E-state index contributed by atoms with van der Waals surface area (Å²) >= 11 is 0. The lowest BCUT2D eigenvalue weighted by Gasteiger charge is -2.32. The summed E-state index contributed by atoms with van der Waals surface area (Å²) in [4.78, 5) is 34.2. The number of rotatable bonds is 4. The van der Waals surface area contributed by atoms with Crippen LogP contribution in [0, 0.1) is 0 Å². The standard InChI is InChI=1S/C16H19N5O2/c22-15(12-21-8-2-1-3-16(21)23)19-13-4-9-20(10-5-13)14-11-17-6-7-18-14/h1-3,6-8,11,13H,4-5,9-10,12H2,(H,19,22). The van der Waals surface area contributed by atoms with Gasteiger partial charge in [-0.05, 0) is 18.9 Å². The lowest BCUT2D eigenvalue weighted by molar-refractivity contribution is -0.122. The number of amides is 1. The number of carbonyl (C=O) groups excluding carboxylic acids is 1. The lowest BCUT2D eigenvalue weighted by Crippen LogP contribution is -2.46. The van der Waals surface area contributed by atoms with Crippen molar-refractivity contribution in [2.24, 2.45) is 0 Å². The number of pyridine rings is 1. The monoisotopic (exact) mass is 313 g/mol. The molecule has 0 bridgehead atoms. The van der Waals surface area contributed by atoms with Crippen LogP contribution in [0.1, 0.15) is 12.8 Å². The Morgan fingerprint density at radius 3 is 2.78 bits per heavy atom. The van der Waals surface area contributed by atoms with Gasteiger partial charge in [0.25, 0.3) is 5.56 Å². The molecule has 1 aliphatic heterocycles. The average molecular weight is 313 g/mol. The Kier molecular flexibility index (Phi) is 4.65. The predicted molar refractivity (Wildman–Crippen MR) is 86.1 cm³/mol. The maximum atomic E-state index is 12.1. The highest BCUT2D eigenvalue weighted by atomic mass is 16.2. The minimum absolute atomic E-state index is 0.0596. The molecular formula is C16H19N5O2. The van der Waals surface area contributed by atoms with E-state index >= 15 is 0 Å². The molecule has 1 saturated heterocycles. The van der Waals surface area contributed by atoms with Crippen LogP contribution >= 0.6 is 0 Å². The molecule has 0 aromatic carbocycles. The minimum atomic E-state index is -0.167. The van der Waals surface area contributed by atoms with Gasteiger partial charge in [-0.3, -0.25) is 14.6 Å². The first-order valence-corrected chi connectivity index (χ1v) is 7.68. The first-order valence-electron chi connectivity index (χ1n) is 7.68. The summed E-state index contributed by atoms with van der Waals surface area (Å²) in [6.07, 6.45) is 8.42. The third-order valence-corrected chi connectivity index (χ3v) is 3.95. The summed E-state index contributed by atoms with van der Waals surface area (Å²) in [5.74, 6) is 0.740. The molecule has 2 aromatic rings. The van der Waals surface area contributed by atoms with E-state index in [0.29, 0.717) is 0 Å². The van der Waals surface area contributed by atoms with Gasteiger partial charge >= 0.3 is 0 Å². The van der Waals surface area contributed by atoms with Crippen molar-refractivity contribution in [3.8, 4) is 0 Å². The maximum Gasteiger partial charge on any atom is 0.250 e. The highest BCUT2D eigenvalue weighted by Crippen LogP contribution is 2.16. The van der Waals surface area contributed by atoms with Crippen LogP contribution in [-0.4, -0.2) is 39.6 Å². The Bertz CT molecular complexity index is 708. The molecule has 7 heteroatoms. The molecule has 0 atom stereocenters. The van der Waals surface area contributed by atoms with Crippen LogP contribution in [0.2, 0.25) is 0 Å². The Hall–Kier alpha value is -2.70. The Morgan fingerprint density at radius 2 is 2.09 bits per heavy atom. The van der Waals surface area contributed by atoms with Crippen molar-refractivity contribution in [2.75, 3.05) is 18.0 Å². The topological polar surface area (TPSA) is 80.1 Å². The van der Waals surface area contributed by atoms with Crippen LogP contribution in [0.25, 0.3) is 0 Å². The van der Waals surface area contributed by atoms with Gasteiger partial charge in [-0.25, -0.2) is 4.98 Å². The summed E-state index contributed by atoms with van der Waals surface area (Å²) in [6.45, 7) is 1.72. The van der Waals surface area contributed by atoms with E-state index in [-0.39, 0.29) is 24.1 Å². The van der Waals surface area contributed by atoms with Gasteiger partial charge in [0.15, 0.2) is 0 Å².